The van der Waals surface area contributed by atoms with Gasteiger partial charge in [0.1, 0.15) is 18.2 Å². The number of aliphatic carboxylic acids is 1. The van der Waals surface area contributed by atoms with Crippen LogP contribution in [0.4, 0.5) is 4.39 Å². The van der Waals surface area contributed by atoms with E-state index in [1.165, 1.54) is 24.3 Å². The normalized spacial score (nSPS) is 11.8. The molecule has 0 fully saturated rings. The SMILES string of the molecule is O=C(O)C(COc1ccc(F)cc1)Cc1ccccc1. The summed E-state index contributed by atoms with van der Waals surface area (Å²) in [5, 5.41) is 9.22. The molecule has 0 amide bonds. The Morgan fingerprint density at radius 1 is 1.10 bits per heavy atom. The maximum atomic E-state index is 12.8. The average Bonchev–Trinajstić information content (AvgIpc) is 2.46. The van der Waals surface area contributed by atoms with Gasteiger partial charge in [-0.3, -0.25) is 4.79 Å². The molecule has 104 valence electrons. The highest BCUT2D eigenvalue weighted by Gasteiger charge is 2.19. The van der Waals surface area contributed by atoms with Crippen LogP contribution >= 0.6 is 0 Å². The van der Waals surface area contributed by atoms with E-state index in [-0.39, 0.29) is 12.4 Å². The van der Waals surface area contributed by atoms with Crippen molar-refractivity contribution in [3.05, 3.63) is 66.0 Å². The van der Waals surface area contributed by atoms with E-state index >= 15 is 0 Å². The van der Waals surface area contributed by atoms with Crippen molar-refractivity contribution in [2.45, 2.75) is 6.42 Å². The number of ether oxygens (including phenoxy) is 1. The van der Waals surface area contributed by atoms with Gasteiger partial charge in [-0.25, -0.2) is 4.39 Å². The first-order valence-corrected chi connectivity index (χ1v) is 6.30. The van der Waals surface area contributed by atoms with Gasteiger partial charge in [0, 0.05) is 0 Å². The van der Waals surface area contributed by atoms with Crippen molar-refractivity contribution in [3.8, 4) is 5.75 Å². The predicted molar refractivity (Wildman–Crippen MR) is 73.2 cm³/mol. The van der Waals surface area contributed by atoms with Crippen molar-refractivity contribution in [1.29, 1.82) is 0 Å². The third-order valence-electron chi connectivity index (χ3n) is 2.94. The third-order valence-corrected chi connectivity index (χ3v) is 2.94. The zero-order chi connectivity index (χ0) is 14.4. The highest BCUT2D eigenvalue weighted by molar-refractivity contribution is 5.70. The van der Waals surface area contributed by atoms with Crippen molar-refractivity contribution in [2.75, 3.05) is 6.61 Å². The van der Waals surface area contributed by atoms with Crippen molar-refractivity contribution in [2.24, 2.45) is 5.92 Å². The van der Waals surface area contributed by atoms with Crippen LogP contribution in [0.5, 0.6) is 5.75 Å². The number of hydrogen-bond acceptors (Lipinski definition) is 2. The number of carboxylic acid groups (broad SMARTS) is 1. The van der Waals surface area contributed by atoms with Gasteiger partial charge in [-0.2, -0.15) is 0 Å². The van der Waals surface area contributed by atoms with Crippen LogP contribution in [0.3, 0.4) is 0 Å². The van der Waals surface area contributed by atoms with Crippen LogP contribution in [0.25, 0.3) is 0 Å². The zero-order valence-corrected chi connectivity index (χ0v) is 10.8. The Balaban J connectivity index is 1.96. The molecule has 0 aliphatic rings. The lowest BCUT2D eigenvalue weighted by Gasteiger charge is -2.14. The fourth-order valence-corrected chi connectivity index (χ4v) is 1.84. The standard InChI is InChI=1S/C16H15FO3/c17-14-6-8-15(9-7-14)20-11-13(16(18)19)10-12-4-2-1-3-5-12/h1-9,13H,10-11H2,(H,18,19). The topological polar surface area (TPSA) is 46.5 Å². The molecular weight excluding hydrogens is 259 g/mol. The van der Waals surface area contributed by atoms with Crippen molar-refractivity contribution >= 4 is 5.97 Å². The van der Waals surface area contributed by atoms with Gasteiger partial charge >= 0.3 is 5.97 Å². The minimum absolute atomic E-state index is 0.0514. The number of rotatable bonds is 6. The molecule has 0 heterocycles. The third kappa shape index (κ3) is 4.09. The van der Waals surface area contributed by atoms with Crippen LogP contribution in [0.2, 0.25) is 0 Å². The summed E-state index contributed by atoms with van der Waals surface area (Å²) in [5.41, 5.74) is 0.947. The molecule has 2 rings (SSSR count). The molecule has 1 N–H and O–H groups in total. The second-order valence-electron chi connectivity index (χ2n) is 4.49. The lowest BCUT2D eigenvalue weighted by molar-refractivity contribution is -0.142. The van der Waals surface area contributed by atoms with E-state index in [4.69, 9.17) is 4.74 Å². The summed E-state index contributed by atoms with van der Waals surface area (Å²) in [6, 6.07) is 14.9. The van der Waals surface area contributed by atoms with Crippen LogP contribution in [-0.2, 0) is 11.2 Å². The smallest absolute Gasteiger partial charge is 0.310 e. The van der Waals surface area contributed by atoms with Gasteiger partial charge in [0.05, 0.1) is 5.92 Å². The molecule has 0 saturated heterocycles. The number of carboxylic acids is 1. The van der Waals surface area contributed by atoms with E-state index in [2.05, 4.69) is 0 Å². The van der Waals surface area contributed by atoms with Gasteiger partial charge in [0.15, 0.2) is 0 Å². The van der Waals surface area contributed by atoms with Gasteiger partial charge in [0.25, 0.3) is 0 Å². The van der Waals surface area contributed by atoms with Crippen LogP contribution in [-0.4, -0.2) is 17.7 Å². The second-order valence-corrected chi connectivity index (χ2v) is 4.49. The summed E-state index contributed by atoms with van der Waals surface area (Å²) in [5.74, 6) is -1.43. The molecule has 0 saturated carbocycles. The number of halogens is 1. The van der Waals surface area contributed by atoms with E-state index in [0.29, 0.717) is 12.2 Å². The second kappa shape index (κ2) is 6.70. The molecule has 1 atom stereocenters. The quantitative estimate of drug-likeness (QED) is 0.880. The maximum absolute atomic E-state index is 12.8. The molecule has 20 heavy (non-hydrogen) atoms. The summed E-state index contributed by atoms with van der Waals surface area (Å²) in [6.07, 6.45) is 0.400. The van der Waals surface area contributed by atoms with Gasteiger partial charge < -0.3 is 9.84 Å². The highest BCUT2D eigenvalue weighted by Crippen LogP contribution is 2.15. The molecule has 2 aromatic carbocycles. The highest BCUT2D eigenvalue weighted by atomic mass is 19.1. The van der Waals surface area contributed by atoms with Crippen molar-refractivity contribution in [3.63, 3.8) is 0 Å². The molecule has 0 aliphatic carbocycles. The molecule has 0 spiro atoms. The van der Waals surface area contributed by atoms with E-state index in [9.17, 15) is 14.3 Å². The van der Waals surface area contributed by atoms with Gasteiger partial charge in [0.2, 0.25) is 0 Å². The van der Waals surface area contributed by atoms with E-state index in [0.717, 1.165) is 5.56 Å². The number of benzene rings is 2. The summed E-state index contributed by atoms with van der Waals surface area (Å²) in [7, 11) is 0. The fraction of sp³-hybridized carbons (Fsp3) is 0.188. The Morgan fingerprint density at radius 3 is 2.35 bits per heavy atom. The minimum Gasteiger partial charge on any atom is -0.493 e. The largest absolute Gasteiger partial charge is 0.493 e. The maximum Gasteiger partial charge on any atom is 0.310 e. The van der Waals surface area contributed by atoms with Gasteiger partial charge in [-0.1, -0.05) is 30.3 Å². The first-order valence-electron chi connectivity index (χ1n) is 6.30. The van der Waals surface area contributed by atoms with Crippen LogP contribution in [0.15, 0.2) is 54.6 Å². The molecule has 0 aromatic heterocycles. The van der Waals surface area contributed by atoms with E-state index < -0.39 is 11.9 Å². The minimum atomic E-state index is -0.907. The van der Waals surface area contributed by atoms with E-state index in [1.807, 2.05) is 30.3 Å². The monoisotopic (exact) mass is 274 g/mol. The molecule has 3 nitrogen and oxygen atoms in total. The van der Waals surface area contributed by atoms with Crippen LogP contribution in [0, 0.1) is 11.7 Å². The summed E-state index contributed by atoms with van der Waals surface area (Å²) < 4.78 is 18.2. The average molecular weight is 274 g/mol. The molecule has 0 radical (unpaired) electrons. The summed E-state index contributed by atoms with van der Waals surface area (Å²) in [4.78, 5) is 11.2. The molecule has 0 bridgehead atoms. The predicted octanol–water partition coefficient (Wildman–Crippen LogP) is 3.15. The Morgan fingerprint density at radius 2 is 1.75 bits per heavy atom. The summed E-state index contributed by atoms with van der Waals surface area (Å²) in [6.45, 7) is 0.0514. The molecule has 1 unspecified atom stereocenters. The van der Waals surface area contributed by atoms with Crippen LogP contribution < -0.4 is 4.74 Å². The lowest BCUT2D eigenvalue weighted by Crippen LogP contribution is -2.23. The summed E-state index contributed by atoms with van der Waals surface area (Å²) >= 11 is 0. The Hall–Kier alpha value is -2.36. The fourth-order valence-electron chi connectivity index (χ4n) is 1.84. The number of hydrogen-bond donors (Lipinski definition) is 1. The Kier molecular flexibility index (Phi) is 4.71. The Labute approximate surface area is 116 Å². The Bertz CT molecular complexity index is 552. The first-order chi connectivity index (χ1) is 9.65. The van der Waals surface area contributed by atoms with E-state index in [1.54, 1.807) is 0 Å². The molecular formula is C16H15FO3. The van der Waals surface area contributed by atoms with Gasteiger partial charge in [-0.15, -0.1) is 0 Å². The van der Waals surface area contributed by atoms with Crippen LogP contribution in [0.1, 0.15) is 5.56 Å². The van der Waals surface area contributed by atoms with Gasteiger partial charge in [-0.05, 0) is 36.2 Å². The first kappa shape index (κ1) is 14.1. The zero-order valence-electron chi connectivity index (χ0n) is 10.8. The molecule has 0 aliphatic heterocycles. The van der Waals surface area contributed by atoms with Crippen molar-refractivity contribution < 1.29 is 19.0 Å². The van der Waals surface area contributed by atoms with Crippen molar-refractivity contribution in [1.82, 2.24) is 0 Å². The lowest BCUT2D eigenvalue weighted by atomic mass is 10.0. The molecule has 4 heteroatoms. The number of carbonyl (C=O) groups is 1. The molecule has 2 aromatic rings.